The zero-order valence-corrected chi connectivity index (χ0v) is 12.8. The van der Waals surface area contributed by atoms with Crippen LogP contribution in [-0.4, -0.2) is 32.6 Å². The Balaban J connectivity index is 1.75. The van der Waals surface area contributed by atoms with E-state index < -0.39 is 18.3 Å². The molecule has 3 aliphatic carbocycles. The Bertz CT molecular complexity index is 601. The number of benzene rings is 1. The highest BCUT2D eigenvalue weighted by atomic mass is 16.3. The lowest BCUT2D eigenvalue weighted by Crippen LogP contribution is -2.45. The summed E-state index contributed by atoms with van der Waals surface area (Å²) in [5.41, 5.74) is 1.75. The molecule has 2 saturated carbocycles. The monoisotopic (exact) mass is 304 g/mol. The second-order valence-electron chi connectivity index (χ2n) is 7.73. The van der Waals surface area contributed by atoms with E-state index in [0.717, 1.165) is 24.0 Å². The third kappa shape index (κ3) is 1.81. The van der Waals surface area contributed by atoms with Gasteiger partial charge in [-0.1, -0.05) is 13.0 Å². The van der Waals surface area contributed by atoms with Crippen molar-refractivity contribution in [3.63, 3.8) is 0 Å². The van der Waals surface area contributed by atoms with Gasteiger partial charge >= 0.3 is 0 Å². The number of phenols is 1. The molecule has 7 atom stereocenters. The molecule has 0 aliphatic heterocycles. The SMILES string of the molecule is C[C@]12CC[C@@H]3c4ccc(O)cc4C(O)C[C@H]3[C@@H]1C[C@@H](O)[C@@H]2O. The highest BCUT2D eigenvalue weighted by Crippen LogP contribution is 2.62. The van der Waals surface area contributed by atoms with Gasteiger partial charge in [-0.2, -0.15) is 0 Å². The zero-order valence-electron chi connectivity index (χ0n) is 12.8. The molecule has 0 saturated heterocycles. The van der Waals surface area contributed by atoms with Gasteiger partial charge in [0, 0.05) is 0 Å². The fourth-order valence-corrected chi connectivity index (χ4v) is 5.56. The van der Waals surface area contributed by atoms with Crippen LogP contribution in [-0.2, 0) is 0 Å². The van der Waals surface area contributed by atoms with Crippen molar-refractivity contribution in [1.29, 1.82) is 0 Å². The first-order valence-corrected chi connectivity index (χ1v) is 8.29. The van der Waals surface area contributed by atoms with Crippen LogP contribution in [0.15, 0.2) is 18.2 Å². The predicted molar refractivity (Wildman–Crippen MR) is 81.4 cm³/mol. The van der Waals surface area contributed by atoms with Crippen LogP contribution in [0.5, 0.6) is 5.75 Å². The van der Waals surface area contributed by atoms with E-state index in [1.54, 1.807) is 12.1 Å². The summed E-state index contributed by atoms with van der Waals surface area (Å²) in [4.78, 5) is 0. The van der Waals surface area contributed by atoms with Crippen molar-refractivity contribution >= 4 is 0 Å². The molecule has 22 heavy (non-hydrogen) atoms. The topological polar surface area (TPSA) is 80.9 Å². The van der Waals surface area contributed by atoms with Crippen LogP contribution in [0.25, 0.3) is 0 Å². The number of aromatic hydroxyl groups is 1. The average Bonchev–Trinajstić information content (AvgIpc) is 2.72. The van der Waals surface area contributed by atoms with Crippen LogP contribution in [0.3, 0.4) is 0 Å². The number of fused-ring (bicyclic) bond motifs is 5. The van der Waals surface area contributed by atoms with E-state index >= 15 is 0 Å². The third-order valence-electron chi connectivity index (χ3n) is 6.73. The molecule has 0 radical (unpaired) electrons. The van der Waals surface area contributed by atoms with Gasteiger partial charge in [-0.25, -0.2) is 0 Å². The molecule has 1 aromatic carbocycles. The first kappa shape index (κ1) is 14.5. The summed E-state index contributed by atoms with van der Waals surface area (Å²) in [6.07, 6.45) is 1.27. The second-order valence-corrected chi connectivity index (χ2v) is 7.73. The minimum Gasteiger partial charge on any atom is -0.508 e. The molecular weight excluding hydrogens is 280 g/mol. The van der Waals surface area contributed by atoms with Gasteiger partial charge in [-0.05, 0) is 72.1 Å². The van der Waals surface area contributed by atoms with Gasteiger partial charge in [-0.3, -0.25) is 0 Å². The summed E-state index contributed by atoms with van der Waals surface area (Å²) in [7, 11) is 0. The van der Waals surface area contributed by atoms with Crippen molar-refractivity contribution in [2.75, 3.05) is 0 Å². The summed E-state index contributed by atoms with van der Waals surface area (Å²) < 4.78 is 0. The smallest absolute Gasteiger partial charge is 0.115 e. The van der Waals surface area contributed by atoms with Crippen molar-refractivity contribution < 1.29 is 20.4 Å². The lowest BCUT2D eigenvalue weighted by molar-refractivity contribution is -0.0577. The fourth-order valence-electron chi connectivity index (χ4n) is 5.56. The molecular formula is C18H24O4. The number of hydrogen-bond donors (Lipinski definition) is 4. The van der Waals surface area contributed by atoms with Crippen molar-refractivity contribution in [2.24, 2.45) is 17.3 Å². The average molecular weight is 304 g/mol. The summed E-state index contributed by atoms with van der Waals surface area (Å²) in [5, 5.41) is 40.7. The van der Waals surface area contributed by atoms with Crippen LogP contribution in [0.1, 0.15) is 55.8 Å². The Kier molecular flexibility index (Phi) is 3.09. The lowest BCUT2D eigenvalue weighted by atomic mass is 9.55. The van der Waals surface area contributed by atoms with Crippen molar-refractivity contribution in [2.45, 2.75) is 56.8 Å². The lowest BCUT2D eigenvalue weighted by Gasteiger charge is -2.50. The van der Waals surface area contributed by atoms with E-state index in [4.69, 9.17) is 0 Å². The van der Waals surface area contributed by atoms with Crippen LogP contribution in [0, 0.1) is 17.3 Å². The summed E-state index contributed by atoms with van der Waals surface area (Å²) in [6.45, 7) is 2.09. The number of aliphatic hydroxyl groups is 3. The molecule has 0 amide bonds. The molecule has 120 valence electrons. The van der Waals surface area contributed by atoms with Crippen LogP contribution in [0.4, 0.5) is 0 Å². The first-order chi connectivity index (χ1) is 10.4. The molecule has 4 N–H and O–H groups in total. The number of phenolic OH excluding ortho intramolecular Hbond substituents is 1. The minimum atomic E-state index is -0.656. The van der Waals surface area contributed by atoms with Crippen LogP contribution in [0.2, 0.25) is 0 Å². The molecule has 0 bridgehead atoms. The normalized spacial score (nSPS) is 46.7. The van der Waals surface area contributed by atoms with Gasteiger partial charge in [0.2, 0.25) is 0 Å². The number of hydrogen-bond acceptors (Lipinski definition) is 4. The Morgan fingerprint density at radius 1 is 1.09 bits per heavy atom. The van der Waals surface area contributed by atoms with Crippen molar-refractivity contribution in [3.8, 4) is 5.75 Å². The molecule has 4 nitrogen and oxygen atoms in total. The Labute approximate surface area is 130 Å². The van der Waals surface area contributed by atoms with E-state index in [9.17, 15) is 20.4 Å². The van der Waals surface area contributed by atoms with E-state index in [1.165, 1.54) is 0 Å². The molecule has 2 fully saturated rings. The highest BCUT2D eigenvalue weighted by Gasteiger charge is 2.58. The Morgan fingerprint density at radius 3 is 2.64 bits per heavy atom. The summed E-state index contributed by atoms with van der Waals surface area (Å²) in [5.74, 6) is 1.09. The molecule has 1 aromatic rings. The third-order valence-corrected chi connectivity index (χ3v) is 6.73. The molecule has 1 unspecified atom stereocenters. The molecule has 4 rings (SSSR count). The molecule has 0 aromatic heterocycles. The number of rotatable bonds is 0. The zero-order chi connectivity index (χ0) is 15.6. The van der Waals surface area contributed by atoms with E-state index in [-0.39, 0.29) is 23.0 Å². The van der Waals surface area contributed by atoms with Gasteiger partial charge in [0.25, 0.3) is 0 Å². The maximum Gasteiger partial charge on any atom is 0.115 e. The molecule has 0 spiro atoms. The maximum absolute atomic E-state index is 10.5. The van der Waals surface area contributed by atoms with Crippen molar-refractivity contribution in [3.05, 3.63) is 29.3 Å². The van der Waals surface area contributed by atoms with E-state index in [2.05, 4.69) is 6.92 Å². The quantitative estimate of drug-likeness (QED) is 0.591. The van der Waals surface area contributed by atoms with Gasteiger partial charge in [0.15, 0.2) is 0 Å². The standard InChI is InChI=1S/C18H24O4/c1-18-5-4-11-10-3-2-9(19)6-13(10)15(20)7-12(11)14(18)8-16(21)17(18)22/h2-3,6,11-12,14-17,19-22H,4-5,7-8H2,1H3/t11-,12-,14+,15?,16-,17+,18+/m1/s1. The van der Waals surface area contributed by atoms with Crippen LogP contribution >= 0.6 is 0 Å². The molecule has 3 aliphatic rings. The van der Waals surface area contributed by atoms with Crippen molar-refractivity contribution in [1.82, 2.24) is 0 Å². The molecule has 0 heterocycles. The fraction of sp³-hybridized carbons (Fsp3) is 0.667. The number of aliphatic hydroxyl groups excluding tert-OH is 3. The van der Waals surface area contributed by atoms with E-state index in [1.807, 2.05) is 6.07 Å². The Morgan fingerprint density at radius 2 is 1.86 bits per heavy atom. The van der Waals surface area contributed by atoms with Gasteiger partial charge in [0.1, 0.15) is 5.75 Å². The van der Waals surface area contributed by atoms with E-state index in [0.29, 0.717) is 18.8 Å². The second kappa shape index (κ2) is 4.70. The van der Waals surface area contributed by atoms with Gasteiger partial charge in [-0.15, -0.1) is 0 Å². The summed E-state index contributed by atoms with van der Waals surface area (Å²) in [6, 6.07) is 5.32. The highest BCUT2D eigenvalue weighted by molar-refractivity contribution is 5.41. The predicted octanol–water partition coefficient (Wildman–Crippen LogP) is 2.07. The van der Waals surface area contributed by atoms with Crippen LogP contribution < -0.4 is 0 Å². The maximum atomic E-state index is 10.5. The van der Waals surface area contributed by atoms with Gasteiger partial charge < -0.3 is 20.4 Å². The first-order valence-electron chi connectivity index (χ1n) is 8.29. The molecule has 4 heteroatoms. The Hall–Kier alpha value is -1.10. The van der Waals surface area contributed by atoms with Gasteiger partial charge in [0.05, 0.1) is 18.3 Å². The minimum absolute atomic E-state index is 0.198. The largest absolute Gasteiger partial charge is 0.508 e. The summed E-state index contributed by atoms with van der Waals surface area (Å²) >= 11 is 0.